The summed E-state index contributed by atoms with van der Waals surface area (Å²) in [5.74, 6) is 4.55. The molecule has 2 aliphatic carbocycles. The molecule has 2 atom stereocenters. The van der Waals surface area contributed by atoms with Gasteiger partial charge in [-0.3, -0.25) is 0 Å². The highest BCUT2D eigenvalue weighted by Gasteiger charge is 2.30. The Labute approximate surface area is 199 Å². The third-order valence-electron chi connectivity index (χ3n) is 8.22. The van der Waals surface area contributed by atoms with E-state index in [1.54, 1.807) is 5.56 Å². The van der Waals surface area contributed by atoms with Crippen LogP contribution < -0.4 is 4.74 Å². The molecule has 1 fully saturated rings. The molecule has 3 rings (SSSR count). The summed E-state index contributed by atoms with van der Waals surface area (Å²) in [4.78, 5) is 0. The Kier molecular flexibility index (Phi) is 11.8. The van der Waals surface area contributed by atoms with Gasteiger partial charge in [-0.25, -0.2) is 0 Å². The van der Waals surface area contributed by atoms with E-state index in [4.69, 9.17) is 4.74 Å². The lowest BCUT2D eigenvalue weighted by Crippen LogP contribution is -2.23. The van der Waals surface area contributed by atoms with Gasteiger partial charge in [0.1, 0.15) is 5.75 Å². The summed E-state index contributed by atoms with van der Waals surface area (Å²) in [6.07, 6.45) is 26.8. The average Bonchev–Trinajstić information content (AvgIpc) is 2.84. The molecule has 0 spiro atoms. The highest BCUT2D eigenvalue weighted by atomic mass is 16.5. The fourth-order valence-corrected chi connectivity index (χ4v) is 6.12. The van der Waals surface area contributed by atoms with Crippen molar-refractivity contribution >= 4 is 0 Å². The van der Waals surface area contributed by atoms with Crippen LogP contribution in [0.2, 0.25) is 0 Å². The first-order valence-corrected chi connectivity index (χ1v) is 14.2. The molecule has 0 radical (unpaired) electrons. The van der Waals surface area contributed by atoms with E-state index in [0.717, 1.165) is 36.0 Å². The van der Waals surface area contributed by atoms with Gasteiger partial charge in [0.15, 0.2) is 0 Å². The summed E-state index contributed by atoms with van der Waals surface area (Å²) in [7, 11) is 0. The molecule has 32 heavy (non-hydrogen) atoms. The molecule has 180 valence electrons. The van der Waals surface area contributed by atoms with Crippen molar-refractivity contribution in [3.63, 3.8) is 0 Å². The molecule has 0 heterocycles. The summed E-state index contributed by atoms with van der Waals surface area (Å²) in [6.45, 7) is 5.45. The summed E-state index contributed by atoms with van der Waals surface area (Å²) in [5.41, 5.74) is 1.58. The molecule has 0 amide bonds. The number of benzene rings is 1. The van der Waals surface area contributed by atoms with Crippen LogP contribution in [0.4, 0.5) is 0 Å². The van der Waals surface area contributed by atoms with Crippen LogP contribution in [0.3, 0.4) is 0 Å². The minimum absolute atomic E-state index is 0.738. The first-order valence-electron chi connectivity index (χ1n) is 14.2. The molecule has 1 aromatic carbocycles. The number of unbranched alkanes of at least 4 members (excludes halogenated alkanes) is 5. The molecule has 2 unspecified atom stereocenters. The molecule has 1 nitrogen and oxygen atoms in total. The Balaban J connectivity index is 1.57. The lowest BCUT2D eigenvalue weighted by molar-refractivity contribution is 0.210. The van der Waals surface area contributed by atoms with Crippen molar-refractivity contribution in [1.82, 2.24) is 0 Å². The largest absolute Gasteiger partial charge is 0.494 e. The fourth-order valence-electron chi connectivity index (χ4n) is 6.12. The lowest BCUT2D eigenvalue weighted by atomic mass is 9.69. The van der Waals surface area contributed by atoms with Gasteiger partial charge in [-0.1, -0.05) is 95.9 Å². The SMILES string of the molecule is CCCCCCOc1ccc(C(CC2CC=CCC2)C2CCC(CCCCC)CC2)cc1. The van der Waals surface area contributed by atoms with Crippen molar-refractivity contribution in [2.75, 3.05) is 6.61 Å². The van der Waals surface area contributed by atoms with Crippen molar-refractivity contribution in [3.05, 3.63) is 42.0 Å². The average molecular weight is 439 g/mol. The second-order valence-electron chi connectivity index (χ2n) is 10.7. The number of rotatable bonds is 14. The molecule has 0 N–H and O–H groups in total. The quantitative estimate of drug-likeness (QED) is 0.207. The third kappa shape index (κ3) is 8.60. The predicted octanol–water partition coefficient (Wildman–Crippen LogP) is 9.86. The van der Waals surface area contributed by atoms with Crippen LogP contribution in [0.15, 0.2) is 36.4 Å². The highest BCUT2D eigenvalue weighted by Crippen LogP contribution is 2.44. The van der Waals surface area contributed by atoms with Gasteiger partial charge in [0.05, 0.1) is 6.61 Å². The molecule has 2 aliphatic rings. The number of hydrogen-bond acceptors (Lipinski definition) is 1. The molecule has 0 saturated heterocycles. The maximum absolute atomic E-state index is 6.03. The number of allylic oxidation sites excluding steroid dienone is 2. The van der Waals surface area contributed by atoms with Crippen LogP contribution in [0.1, 0.15) is 128 Å². The van der Waals surface area contributed by atoms with Crippen molar-refractivity contribution in [3.8, 4) is 5.75 Å². The second-order valence-corrected chi connectivity index (χ2v) is 10.7. The van der Waals surface area contributed by atoms with E-state index >= 15 is 0 Å². The third-order valence-corrected chi connectivity index (χ3v) is 8.22. The Hall–Kier alpha value is -1.24. The second kappa shape index (κ2) is 14.8. The van der Waals surface area contributed by atoms with Gasteiger partial charge in [-0.05, 0) is 86.3 Å². The Morgan fingerprint density at radius 2 is 1.53 bits per heavy atom. The Morgan fingerprint density at radius 3 is 2.22 bits per heavy atom. The van der Waals surface area contributed by atoms with Gasteiger partial charge in [-0.15, -0.1) is 0 Å². The monoisotopic (exact) mass is 438 g/mol. The first-order chi connectivity index (χ1) is 15.8. The number of ether oxygens (including phenoxy) is 1. The lowest BCUT2D eigenvalue weighted by Gasteiger charge is -2.36. The minimum Gasteiger partial charge on any atom is -0.494 e. The van der Waals surface area contributed by atoms with Gasteiger partial charge in [0, 0.05) is 0 Å². The van der Waals surface area contributed by atoms with Gasteiger partial charge in [0.25, 0.3) is 0 Å². The molecule has 0 aliphatic heterocycles. The van der Waals surface area contributed by atoms with Gasteiger partial charge >= 0.3 is 0 Å². The highest BCUT2D eigenvalue weighted by molar-refractivity contribution is 5.30. The van der Waals surface area contributed by atoms with E-state index in [-0.39, 0.29) is 0 Å². The minimum atomic E-state index is 0.738. The van der Waals surface area contributed by atoms with E-state index in [1.807, 2.05) is 0 Å². The van der Waals surface area contributed by atoms with Crippen molar-refractivity contribution < 1.29 is 4.74 Å². The van der Waals surface area contributed by atoms with Gasteiger partial charge in [0.2, 0.25) is 0 Å². The fraction of sp³-hybridized carbons (Fsp3) is 0.742. The van der Waals surface area contributed by atoms with E-state index in [9.17, 15) is 0 Å². The van der Waals surface area contributed by atoms with E-state index in [2.05, 4.69) is 50.3 Å². The van der Waals surface area contributed by atoms with Crippen molar-refractivity contribution in [2.24, 2.45) is 17.8 Å². The molecular weight excluding hydrogens is 388 g/mol. The predicted molar refractivity (Wildman–Crippen MR) is 140 cm³/mol. The maximum Gasteiger partial charge on any atom is 0.119 e. The van der Waals surface area contributed by atoms with Gasteiger partial charge in [-0.2, -0.15) is 0 Å². The Morgan fingerprint density at radius 1 is 0.781 bits per heavy atom. The van der Waals surface area contributed by atoms with Crippen LogP contribution in [0.25, 0.3) is 0 Å². The van der Waals surface area contributed by atoms with Crippen molar-refractivity contribution in [2.45, 2.75) is 122 Å². The molecule has 0 bridgehead atoms. The normalized spacial score (nSPS) is 24.4. The van der Waals surface area contributed by atoms with Crippen LogP contribution in [0.5, 0.6) is 5.75 Å². The summed E-state index contributed by atoms with van der Waals surface area (Å²) >= 11 is 0. The zero-order valence-electron chi connectivity index (χ0n) is 21.2. The van der Waals surface area contributed by atoms with E-state index < -0.39 is 0 Å². The maximum atomic E-state index is 6.03. The summed E-state index contributed by atoms with van der Waals surface area (Å²) in [5, 5.41) is 0. The molecule has 1 aromatic rings. The van der Waals surface area contributed by atoms with Crippen LogP contribution in [-0.4, -0.2) is 6.61 Å². The zero-order valence-corrected chi connectivity index (χ0v) is 21.2. The summed E-state index contributed by atoms with van der Waals surface area (Å²) < 4.78 is 6.03. The Bertz CT molecular complexity index is 622. The smallest absolute Gasteiger partial charge is 0.119 e. The van der Waals surface area contributed by atoms with Crippen LogP contribution in [0, 0.1) is 17.8 Å². The first kappa shape index (κ1) is 25.4. The summed E-state index contributed by atoms with van der Waals surface area (Å²) in [6, 6.07) is 9.30. The molecular formula is C31H50O. The van der Waals surface area contributed by atoms with E-state index in [1.165, 1.54) is 103 Å². The topological polar surface area (TPSA) is 9.23 Å². The molecule has 1 saturated carbocycles. The van der Waals surface area contributed by atoms with Crippen LogP contribution >= 0.6 is 0 Å². The van der Waals surface area contributed by atoms with E-state index in [0.29, 0.717) is 0 Å². The zero-order chi connectivity index (χ0) is 22.4. The standard InChI is InChI=1S/C31H50O/c1-3-5-7-12-24-32-30-22-20-29(21-23-30)31(25-27-14-10-8-11-15-27)28-18-16-26(17-19-28)13-9-6-4-2/h8,10,20-23,26-28,31H,3-7,9,11-19,24-25H2,1-2H3. The molecule has 1 heteroatoms. The van der Waals surface area contributed by atoms with Crippen LogP contribution in [-0.2, 0) is 0 Å². The molecule has 0 aromatic heterocycles. The van der Waals surface area contributed by atoms with Gasteiger partial charge < -0.3 is 4.74 Å². The van der Waals surface area contributed by atoms with Crippen molar-refractivity contribution in [1.29, 1.82) is 0 Å². The number of hydrogen-bond donors (Lipinski definition) is 0.